The van der Waals surface area contributed by atoms with E-state index in [-0.39, 0.29) is 17.3 Å². The van der Waals surface area contributed by atoms with Crippen molar-refractivity contribution in [3.05, 3.63) is 0 Å². The molecule has 2 fully saturated rings. The lowest BCUT2D eigenvalue weighted by molar-refractivity contribution is -0.172. The first-order chi connectivity index (χ1) is 8.76. The van der Waals surface area contributed by atoms with Crippen molar-refractivity contribution in [2.75, 3.05) is 26.4 Å². The predicted octanol–water partition coefficient (Wildman–Crippen LogP) is 2.25. The highest BCUT2D eigenvalue weighted by atomic mass is 19.1. The van der Waals surface area contributed by atoms with Gasteiger partial charge < -0.3 is 10.1 Å². The smallest absolute Gasteiger partial charge is 0.311 e. The maximum absolute atomic E-state index is 13.0. The Hall–Kier alpha value is -0.710. The van der Waals surface area contributed by atoms with Crippen LogP contribution < -0.4 is 5.32 Å². The molecule has 3 nitrogen and oxygen atoms in total. The Morgan fingerprint density at radius 3 is 2.37 bits per heavy atom. The lowest BCUT2D eigenvalue weighted by atomic mass is 9.50. The molecule has 1 atom stereocenters. The second kappa shape index (κ2) is 4.69. The van der Waals surface area contributed by atoms with Crippen LogP contribution in [0.5, 0.6) is 0 Å². The standard InChI is InChI=1S/C14H23F2NO2/c1-12(2,3)19-11(18)10-4-17-9-14(10)5-13(6-14,7-15)8-16/h10,17H,4-9H2,1-3H3. The summed E-state index contributed by atoms with van der Waals surface area (Å²) in [6, 6.07) is 0. The lowest BCUT2D eigenvalue weighted by Crippen LogP contribution is -2.55. The van der Waals surface area contributed by atoms with E-state index in [1.165, 1.54) is 0 Å². The third-order valence-corrected chi connectivity index (χ3v) is 4.28. The number of rotatable bonds is 3. The molecule has 19 heavy (non-hydrogen) atoms. The average Bonchev–Trinajstić information content (AvgIpc) is 2.68. The van der Waals surface area contributed by atoms with Crippen molar-refractivity contribution in [2.45, 2.75) is 39.2 Å². The zero-order valence-electron chi connectivity index (χ0n) is 11.9. The molecule has 110 valence electrons. The molecule has 0 aromatic carbocycles. The molecule has 1 aliphatic carbocycles. The largest absolute Gasteiger partial charge is 0.460 e. The SMILES string of the molecule is CC(C)(C)OC(=O)C1CNCC12CC(CF)(CF)C2. The van der Waals surface area contributed by atoms with Crippen LogP contribution in [0.25, 0.3) is 0 Å². The second-order valence-electron chi connectivity index (χ2n) is 7.20. The highest BCUT2D eigenvalue weighted by Crippen LogP contribution is 2.60. The number of halogens is 2. The fourth-order valence-corrected chi connectivity index (χ4v) is 3.55. The second-order valence-corrected chi connectivity index (χ2v) is 7.20. The monoisotopic (exact) mass is 275 g/mol. The van der Waals surface area contributed by atoms with Gasteiger partial charge in [-0.15, -0.1) is 0 Å². The summed E-state index contributed by atoms with van der Waals surface area (Å²) in [6.45, 7) is 5.39. The van der Waals surface area contributed by atoms with E-state index in [2.05, 4.69) is 5.32 Å². The third-order valence-electron chi connectivity index (χ3n) is 4.28. The maximum Gasteiger partial charge on any atom is 0.311 e. The van der Waals surface area contributed by atoms with E-state index in [0.29, 0.717) is 25.9 Å². The molecular formula is C14H23F2NO2. The fraction of sp³-hybridized carbons (Fsp3) is 0.929. The minimum Gasteiger partial charge on any atom is -0.460 e. The fourth-order valence-electron chi connectivity index (χ4n) is 3.55. The first-order valence-electron chi connectivity index (χ1n) is 6.81. The number of alkyl halides is 2. The molecule has 1 aliphatic heterocycles. The van der Waals surface area contributed by atoms with Crippen LogP contribution in [-0.4, -0.2) is 38.0 Å². The highest BCUT2D eigenvalue weighted by molar-refractivity contribution is 5.75. The molecule has 0 aromatic heterocycles. The van der Waals surface area contributed by atoms with E-state index in [9.17, 15) is 13.6 Å². The molecule has 0 radical (unpaired) electrons. The van der Waals surface area contributed by atoms with Gasteiger partial charge in [0.25, 0.3) is 0 Å². The predicted molar refractivity (Wildman–Crippen MR) is 68.3 cm³/mol. The van der Waals surface area contributed by atoms with E-state index in [1.807, 2.05) is 20.8 Å². The molecule has 0 aromatic rings. The normalized spacial score (nSPS) is 28.2. The molecule has 5 heteroatoms. The summed E-state index contributed by atoms with van der Waals surface area (Å²) in [5.41, 5.74) is -1.69. The van der Waals surface area contributed by atoms with Crippen molar-refractivity contribution < 1.29 is 18.3 Å². The summed E-state index contributed by atoms with van der Waals surface area (Å²) in [6.07, 6.45) is 0.869. The Morgan fingerprint density at radius 1 is 1.32 bits per heavy atom. The summed E-state index contributed by atoms with van der Waals surface area (Å²) >= 11 is 0. The number of carbonyl (C=O) groups excluding carboxylic acids is 1. The van der Waals surface area contributed by atoms with Gasteiger partial charge in [0.05, 0.1) is 19.3 Å². The topological polar surface area (TPSA) is 38.3 Å². The molecule has 1 N–H and O–H groups in total. The van der Waals surface area contributed by atoms with Crippen LogP contribution in [0.15, 0.2) is 0 Å². The Balaban J connectivity index is 2.05. The van der Waals surface area contributed by atoms with Crippen LogP contribution in [0.4, 0.5) is 8.78 Å². The lowest BCUT2D eigenvalue weighted by Gasteiger charge is -2.54. The van der Waals surface area contributed by atoms with Crippen molar-refractivity contribution in [3.8, 4) is 0 Å². The van der Waals surface area contributed by atoms with Crippen molar-refractivity contribution in [2.24, 2.45) is 16.7 Å². The minimum atomic E-state index is -0.855. The number of esters is 1. The van der Waals surface area contributed by atoms with Crippen molar-refractivity contribution in [1.82, 2.24) is 5.32 Å². The Kier molecular flexibility index (Phi) is 3.62. The first-order valence-corrected chi connectivity index (χ1v) is 6.81. The zero-order chi connectivity index (χ0) is 14.3. The van der Waals surface area contributed by atoms with Gasteiger partial charge in [-0.3, -0.25) is 13.6 Å². The van der Waals surface area contributed by atoms with E-state index in [0.717, 1.165) is 0 Å². The molecule has 0 amide bonds. The van der Waals surface area contributed by atoms with Crippen LogP contribution >= 0.6 is 0 Å². The van der Waals surface area contributed by atoms with Gasteiger partial charge in [-0.05, 0) is 39.0 Å². The van der Waals surface area contributed by atoms with E-state index < -0.39 is 24.4 Å². The van der Waals surface area contributed by atoms with Crippen molar-refractivity contribution >= 4 is 5.97 Å². The summed E-state index contributed by atoms with van der Waals surface area (Å²) in [5.74, 6) is -0.526. The van der Waals surface area contributed by atoms with Crippen LogP contribution in [0.2, 0.25) is 0 Å². The average molecular weight is 275 g/mol. The number of ether oxygens (including phenoxy) is 1. The van der Waals surface area contributed by atoms with Gasteiger partial charge in [-0.1, -0.05) is 0 Å². The van der Waals surface area contributed by atoms with Crippen LogP contribution in [0.1, 0.15) is 33.6 Å². The number of nitrogens with one attached hydrogen (secondary N) is 1. The van der Waals surface area contributed by atoms with Crippen LogP contribution in [0, 0.1) is 16.7 Å². The molecule has 1 spiro atoms. The number of hydrogen-bond donors (Lipinski definition) is 1. The Bertz CT molecular complexity index is 353. The molecule has 0 bridgehead atoms. The molecule has 1 saturated carbocycles. The van der Waals surface area contributed by atoms with Crippen molar-refractivity contribution in [1.29, 1.82) is 0 Å². The third kappa shape index (κ3) is 2.62. The Labute approximate surface area is 113 Å². The summed E-state index contributed by atoms with van der Waals surface area (Å²) in [4.78, 5) is 12.2. The van der Waals surface area contributed by atoms with Crippen molar-refractivity contribution in [3.63, 3.8) is 0 Å². The van der Waals surface area contributed by atoms with Gasteiger partial charge >= 0.3 is 5.97 Å². The minimum absolute atomic E-state index is 0.246. The molecule has 2 aliphatic rings. The number of carbonyl (C=O) groups is 1. The molecule has 1 heterocycles. The van der Waals surface area contributed by atoms with Gasteiger partial charge in [0, 0.05) is 18.5 Å². The zero-order valence-corrected chi connectivity index (χ0v) is 11.9. The summed E-state index contributed by atoms with van der Waals surface area (Å²) in [5, 5.41) is 3.17. The highest BCUT2D eigenvalue weighted by Gasteiger charge is 2.62. The van der Waals surface area contributed by atoms with Gasteiger partial charge in [0.1, 0.15) is 5.60 Å². The molecule has 2 rings (SSSR count). The first kappa shape index (κ1) is 14.7. The van der Waals surface area contributed by atoms with Crippen LogP contribution in [-0.2, 0) is 9.53 Å². The molecular weight excluding hydrogens is 252 g/mol. The summed E-state index contributed by atoms with van der Waals surface area (Å²) < 4.78 is 31.3. The van der Waals surface area contributed by atoms with E-state index >= 15 is 0 Å². The molecule has 1 saturated heterocycles. The quantitative estimate of drug-likeness (QED) is 0.803. The Morgan fingerprint density at radius 2 is 1.89 bits per heavy atom. The molecule has 1 unspecified atom stereocenters. The van der Waals surface area contributed by atoms with E-state index in [1.54, 1.807) is 0 Å². The van der Waals surface area contributed by atoms with Crippen LogP contribution in [0.3, 0.4) is 0 Å². The van der Waals surface area contributed by atoms with Gasteiger partial charge in [-0.25, -0.2) is 0 Å². The number of hydrogen-bond acceptors (Lipinski definition) is 3. The van der Waals surface area contributed by atoms with E-state index in [4.69, 9.17) is 4.74 Å². The maximum atomic E-state index is 13.0. The van der Waals surface area contributed by atoms with Gasteiger partial charge in [-0.2, -0.15) is 0 Å². The van der Waals surface area contributed by atoms with Gasteiger partial charge in [0.2, 0.25) is 0 Å². The summed E-state index contributed by atoms with van der Waals surface area (Å²) in [7, 11) is 0. The van der Waals surface area contributed by atoms with Gasteiger partial charge in [0.15, 0.2) is 0 Å².